The summed E-state index contributed by atoms with van der Waals surface area (Å²) in [6.45, 7) is 6.06. The molecule has 0 bridgehead atoms. The Labute approximate surface area is 101 Å². The Bertz CT molecular complexity index is 575. The van der Waals surface area contributed by atoms with Crippen molar-refractivity contribution >= 4 is 0 Å². The van der Waals surface area contributed by atoms with Crippen molar-refractivity contribution < 1.29 is 0 Å². The molecule has 0 unspecified atom stereocenters. The topological polar surface area (TPSA) is 54.5 Å². The van der Waals surface area contributed by atoms with Crippen molar-refractivity contribution in [3.63, 3.8) is 0 Å². The van der Waals surface area contributed by atoms with Crippen LogP contribution < -0.4 is 0 Å². The Hall–Kier alpha value is -2.15. The first-order chi connectivity index (χ1) is 8.10. The van der Waals surface area contributed by atoms with Gasteiger partial charge in [-0.3, -0.25) is 0 Å². The molecule has 0 fully saturated rings. The van der Waals surface area contributed by atoms with E-state index < -0.39 is 0 Å². The van der Waals surface area contributed by atoms with Gasteiger partial charge in [0.2, 0.25) is 0 Å². The lowest BCUT2D eigenvalue weighted by Crippen LogP contribution is -2.01. The average molecular weight is 226 g/mol. The van der Waals surface area contributed by atoms with Crippen molar-refractivity contribution in [2.45, 2.75) is 26.7 Å². The summed E-state index contributed by atoms with van der Waals surface area (Å²) in [5, 5.41) is 13.4. The highest BCUT2D eigenvalue weighted by molar-refractivity contribution is 5.37. The second kappa shape index (κ2) is 4.38. The molecule has 0 aromatic carbocycles. The Balaban J connectivity index is 2.45. The van der Waals surface area contributed by atoms with Gasteiger partial charge in [-0.2, -0.15) is 10.4 Å². The molecule has 0 saturated carbocycles. The van der Waals surface area contributed by atoms with Crippen LogP contribution in [-0.2, 0) is 0 Å². The predicted octanol–water partition coefficient (Wildman–Crippen LogP) is 2.57. The molecule has 0 radical (unpaired) electrons. The first-order valence-corrected chi connectivity index (χ1v) is 5.55. The third kappa shape index (κ3) is 2.34. The van der Waals surface area contributed by atoms with Crippen molar-refractivity contribution in [1.29, 1.82) is 5.26 Å². The molecular formula is C13H14N4. The van der Waals surface area contributed by atoms with Crippen LogP contribution in [0.3, 0.4) is 0 Å². The van der Waals surface area contributed by atoms with E-state index in [2.05, 4.69) is 30.0 Å². The molecule has 2 aromatic heterocycles. The van der Waals surface area contributed by atoms with Crippen LogP contribution in [0.1, 0.15) is 36.7 Å². The van der Waals surface area contributed by atoms with Crippen LogP contribution in [0.25, 0.3) is 5.82 Å². The van der Waals surface area contributed by atoms with Crippen molar-refractivity contribution in [3.8, 4) is 11.9 Å². The van der Waals surface area contributed by atoms with E-state index in [-0.39, 0.29) is 0 Å². The van der Waals surface area contributed by atoms with Crippen molar-refractivity contribution in [3.05, 3.63) is 41.3 Å². The molecule has 86 valence electrons. The molecule has 0 atom stereocenters. The standard InChI is InChI=1S/C13H14N4/c1-9(2)12-4-5-17(16-12)13-7-11(8-14)6-10(3)15-13/h4-7,9H,1-3H3. The Kier molecular flexibility index (Phi) is 2.92. The van der Waals surface area contributed by atoms with Crippen molar-refractivity contribution in [2.24, 2.45) is 0 Å². The van der Waals surface area contributed by atoms with Gasteiger partial charge in [-0.15, -0.1) is 0 Å². The van der Waals surface area contributed by atoms with Crippen LogP contribution in [0.15, 0.2) is 24.4 Å². The smallest absolute Gasteiger partial charge is 0.154 e. The Morgan fingerprint density at radius 2 is 2.12 bits per heavy atom. The van der Waals surface area contributed by atoms with E-state index in [9.17, 15) is 0 Å². The first-order valence-electron chi connectivity index (χ1n) is 5.55. The van der Waals surface area contributed by atoms with Gasteiger partial charge < -0.3 is 0 Å². The highest BCUT2D eigenvalue weighted by Gasteiger charge is 2.07. The lowest BCUT2D eigenvalue weighted by Gasteiger charge is -2.03. The number of aromatic nitrogens is 3. The third-order valence-corrected chi connectivity index (χ3v) is 2.50. The Morgan fingerprint density at radius 3 is 2.71 bits per heavy atom. The van der Waals surface area contributed by atoms with Gasteiger partial charge in [0.05, 0.1) is 17.3 Å². The van der Waals surface area contributed by atoms with E-state index in [1.165, 1.54) is 0 Å². The van der Waals surface area contributed by atoms with Crippen LogP contribution >= 0.6 is 0 Å². The van der Waals surface area contributed by atoms with Gasteiger partial charge in [0.1, 0.15) is 0 Å². The van der Waals surface area contributed by atoms with Gasteiger partial charge in [-0.05, 0) is 25.0 Å². The lowest BCUT2D eigenvalue weighted by atomic mass is 10.1. The summed E-state index contributed by atoms with van der Waals surface area (Å²) in [6, 6.07) is 7.60. The van der Waals surface area contributed by atoms with Gasteiger partial charge >= 0.3 is 0 Å². The van der Waals surface area contributed by atoms with E-state index in [4.69, 9.17) is 5.26 Å². The van der Waals surface area contributed by atoms with Gasteiger partial charge in [0.15, 0.2) is 5.82 Å². The maximum Gasteiger partial charge on any atom is 0.154 e. The molecule has 0 N–H and O–H groups in total. The SMILES string of the molecule is Cc1cc(C#N)cc(-n2ccc(C(C)C)n2)n1. The zero-order valence-corrected chi connectivity index (χ0v) is 10.2. The fourth-order valence-corrected chi connectivity index (χ4v) is 1.61. The van der Waals surface area contributed by atoms with Crippen LogP contribution in [0, 0.1) is 18.3 Å². The van der Waals surface area contributed by atoms with Gasteiger partial charge in [0.25, 0.3) is 0 Å². The number of rotatable bonds is 2. The molecule has 0 aliphatic heterocycles. The van der Waals surface area contributed by atoms with E-state index in [1.54, 1.807) is 16.8 Å². The number of nitrogens with zero attached hydrogens (tertiary/aromatic N) is 4. The van der Waals surface area contributed by atoms with Crippen LogP contribution in [0.5, 0.6) is 0 Å². The molecular weight excluding hydrogens is 212 g/mol. The maximum atomic E-state index is 8.92. The first kappa shape index (κ1) is 11.3. The summed E-state index contributed by atoms with van der Waals surface area (Å²) in [5.41, 5.74) is 2.45. The fraction of sp³-hybridized carbons (Fsp3) is 0.308. The molecule has 2 aromatic rings. The molecule has 0 amide bonds. The highest BCUT2D eigenvalue weighted by Crippen LogP contribution is 2.14. The second-order valence-corrected chi connectivity index (χ2v) is 4.31. The maximum absolute atomic E-state index is 8.92. The summed E-state index contributed by atoms with van der Waals surface area (Å²) < 4.78 is 1.71. The van der Waals surface area contributed by atoms with Crippen LogP contribution in [-0.4, -0.2) is 14.8 Å². The van der Waals surface area contributed by atoms with Gasteiger partial charge in [-0.1, -0.05) is 13.8 Å². The van der Waals surface area contributed by atoms with Gasteiger partial charge in [-0.25, -0.2) is 9.67 Å². The summed E-state index contributed by atoms with van der Waals surface area (Å²) in [5.74, 6) is 1.07. The van der Waals surface area contributed by atoms with Crippen LogP contribution in [0.2, 0.25) is 0 Å². The molecule has 4 heteroatoms. The van der Waals surface area contributed by atoms with Crippen LogP contribution in [0.4, 0.5) is 0 Å². The third-order valence-electron chi connectivity index (χ3n) is 2.50. The minimum Gasteiger partial charge on any atom is -0.234 e. The fourth-order valence-electron chi connectivity index (χ4n) is 1.61. The van der Waals surface area contributed by atoms with E-state index in [0.29, 0.717) is 17.3 Å². The molecule has 0 spiro atoms. The predicted molar refractivity (Wildman–Crippen MR) is 64.9 cm³/mol. The van der Waals surface area contributed by atoms with E-state index in [0.717, 1.165) is 11.4 Å². The number of pyridine rings is 1. The van der Waals surface area contributed by atoms with Gasteiger partial charge in [0, 0.05) is 18.0 Å². The number of hydrogen-bond acceptors (Lipinski definition) is 3. The summed E-state index contributed by atoms with van der Waals surface area (Å²) in [6.07, 6.45) is 1.87. The summed E-state index contributed by atoms with van der Waals surface area (Å²) in [7, 11) is 0. The summed E-state index contributed by atoms with van der Waals surface area (Å²) >= 11 is 0. The monoisotopic (exact) mass is 226 g/mol. The van der Waals surface area contributed by atoms with E-state index in [1.807, 2.05) is 19.2 Å². The molecule has 17 heavy (non-hydrogen) atoms. The molecule has 0 aliphatic carbocycles. The zero-order chi connectivity index (χ0) is 12.4. The molecule has 2 rings (SSSR count). The van der Waals surface area contributed by atoms with Crippen molar-refractivity contribution in [1.82, 2.24) is 14.8 Å². The van der Waals surface area contributed by atoms with E-state index >= 15 is 0 Å². The number of aryl methyl sites for hydroxylation is 1. The second-order valence-electron chi connectivity index (χ2n) is 4.31. The molecule has 0 saturated heterocycles. The zero-order valence-electron chi connectivity index (χ0n) is 10.2. The number of nitriles is 1. The average Bonchev–Trinajstić information content (AvgIpc) is 2.77. The van der Waals surface area contributed by atoms with Crippen molar-refractivity contribution in [2.75, 3.05) is 0 Å². The molecule has 4 nitrogen and oxygen atoms in total. The Morgan fingerprint density at radius 1 is 1.35 bits per heavy atom. The minimum absolute atomic E-state index is 0.386. The molecule has 0 aliphatic rings. The lowest BCUT2D eigenvalue weighted by molar-refractivity contribution is 0.756. The highest BCUT2D eigenvalue weighted by atomic mass is 15.3. The molecule has 2 heterocycles. The quantitative estimate of drug-likeness (QED) is 0.790. The summed E-state index contributed by atoms with van der Waals surface area (Å²) in [4.78, 5) is 4.37. The normalized spacial score (nSPS) is 10.5. The minimum atomic E-state index is 0.386. The number of hydrogen-bond donors (Lipinski definition) is 0. The largest absolute Gasteiger partial charge is 0.234 e.